The van der Waals surface area contributed by atoms with E-state index in [0.29, 0.717) is 5.16 Å². The Balaban J connectivity index is 1.51. The summed E-state index contributed by atoms with van der Waals surface area (Å²) in [5.74, 6) is 0.667. The van der Waals surface area contributed by atoms with Crippen LogP contribution in [-0.4, -0.2) is 32.6 Å². The minimum absolute atomic E-state index is 0.0693. The molecule has 8 heteroatoms. The van der Waals surface area contributed by atoms with Gasteiger partial charge >= 0.3 is 0 Å². The first-order valence-corrected chi connectivity index (χ1v) is 12.9. The first kappa shape index (κ1) is 24.9. The van der Waals surface area contributed by atoms with Gasteiger partial charge in [0.1, 0.15) is 0 Å². The van der Waals surface area contributed by atoms with E-state index >= 15 is 0 Å². The van der Waals surface area contributed by atoms with Crippen molar-refractivity contribution in [1.29, 1.82) is 0 Å². The summed E-state index contributed by atoms with van der Waals surface area (Å²) in [4.78, 5) is 12.4. The number of nitrogens with zero attached hydrogens (tertiary/aromatic N) is 4. The predicted molar refractivity (Wildman–Crippen MR) is 146 cm³/mol. The molecular formula is C27H26BrN5OS. The molecule has 0 atom stereocenters. The number of hydrazone groups is 1. The van der Waals surface area contributed by atoms with Crippen molar-refractivity contribution in [2.24, 2.45) is 5.10 Å². The third kappa shape index (κ3) is 6.46. The second kappa shape index (κ2) is 11.0. The normalized spacial score (nSPS) is 11.7. The van der Waals surface area contributed by atoms with E-state index in [0.717, 1.165) is 27.1 Å². The van der Waals surface area contributed by atoms with Crippen molar-refractivity contribution < 1.29 is 4.79 Å². The molecule has 1 heterocycles. The minimum Gasteiger partial charge on any atom is -0.272 e. The van der Waals surface area contributed by atoms with Crippen LogP contribution in [0.1, 0.15) is 31.9 Å². The van der Waals surface area contributed by atoms with Gasteiger partial charge in [0.05, 0.1) is 12.0 Å². The number of nitrogens with one attached hydrogen (secondary N) is 1. The van der Waals surface area contributed by atoms with Crippen molar-refractivity contribution in [3.63, 3.8) is 0 Å². The largest absolute Gasteiger partial charge is 0.272 e. The highest BCUT2D eigenvalue weighted by atomic mass is 79.9. The first-order valence-electron chi connectivity index (χ1n) is 11.1. The third-order valence-corrected chi connectivity index (χ3v) is 6.72. The molecule has 1 N–H and O–H groups in total. The van der Waals surface area contributed by atoms with Crippen LogP contribution in [0.15, 0.2) is 93.6 Å². The van der Waals surface area contributed by atoms with Gasteiger partial charge in [0, 0.05) is 15.7 Å². The van der Waals surface area contributed by atoms with E-state index in [1.807, 2.05) is 59.2 Å². The zero-order valence-electron chi connectivity index (χ0n) is 19.8. The molecule has 0 fully saturated rings. The van der Waals surface area contributed by atoms with Crippen molar-refractivity contribution >= 4 is 39.8 Å². The number of hydrogen-bond donors (Lipinski definition) is 1. The van der Waals surface area contributed by atoms with E-state index in [1.165, 1.54) is 17.3 Å². The number of carbonyl (C=O) groups excluding carboxylic acids is 1. The molecule has 0 aliphatic carbocycles. The number of amides is 1. The molecule has 3 aromatic carbocycles. The summed E-state index contributed by atoms with van der Waals surface area (Å²) in [5, 5.41) is 13.6. The summed E-state index contributed by atoms with van der Waals surface area (Å²) >= 11 is 4.72. The molecule has 1 aromatic heterocycles. The number of thioether (sulfide) groups is 1. The van der Waals surface area contributed by atoms with Crippen LogP contribution in [0.2, 0.25) is 0 Å². The molecule has 0 unspecified atom stereocenters. The molecule has 0 aliphatic rings. The third-order valence-electron chi connectivity index (χ3n) is 5.26. The van der Waals surface area contributed by atoms with Crippen molar-refractivity contribution in [3.05, 3.63) is 94.5 Å². The van der Waals surface area contributed by atoms with Gasteiger partial charge in [-0.2, -0.15) is 5.10 Å². The summed E-state index contributed by atoms with van der Waals surface area (Å²) in [7, 11) is 0. The van der Waals surface area contributed by atoms with Gasteiger partial charge in [-0.05, 0) is 40.8 Å². The highest BCUT2D eigenvalue weighted by molar-refractivity contribution is 9.10. The van der Waals surface area contributed by atoms with Gasteiger partial charge < -0.3 is 0 Å². The number of benzene rings is 3. The summed E-state index contributed by atoms with van der Waals surface area (Å²) in [5.41, 5.74) is 6.69. The molecule has 0 radical (unpaired) electrons. The van der Waals surface area contributed by atoms with E-state index in [4.69, 9.17) is 0 Å². The Morgan fingerprint density at radius 2 is 1.69 bits per heavy atom. The SMILES string of the molecule is CC(C)(C)c1ccc(-c2nnc(SCC(=O)N/N=C\c3ccc(Br)cc3)n2-c2ccccc2)cc1. The lowest BCUT2D eigenvalue weighted by molar-refractivity contribution is -0.118. The van der Waals surface area contributed by atoms with E-state index in [1.54, 1.807) is 6.21 Å². The van der Waals surface area contributed by atoms with Gasteiger partial charge in [-0.25, -0.2) is 5.43 Å². The second-order valence-corrected chi connectivity index (χ2v) is 10.8. The van der Waals surface area contributed by atoms with E-state index in [-0.39, 0.29) is 17.1 Å². The van der Waals surface area contributed by atoms with Crippen LogP contribution in [0.3, 0.4) is 0 Å². The summed E-state index contributed by atoms with van der Waals surface area (Å²) in [6, 6.07) is 26.0. The van der Waals surface area contributed by atoms with Crippen molar-refractivity contribution in [2.45, 2.75) is 31.3 Å². The maximum Gasteiger partial charge on any atom is 0.250 e. The zero-order chi connectivity index (χ0) is 24.8. The maximum atomic E-state index is 12.4. The monoisotopic (exact) mass is 547 g/mol. The number of hydrogen-bond acceptors (Lipinski definition) is 5. The fourth-order valence-corrected chi connectivity index (χ4v) is 4.38. The molecule has 1 amide bonds. The van der Waals surface area contributed by atoms with Crippen LogP contribution >= 0.6 is 27.7 Å². The Morgan fingerprint density at radius 1 is 1.00 bits per heavy atom. The zero-order valence-corrected chi connectivity index (χ0v) is 22.2. The van der Waals surface area contributed by atoms with Gasteiger partial charge in [0.15, 0.2) is 11.0 Å². The average Bonchev–Trinajstić information content (AvgIpc) is 3.28. The Morgan fingerprint density at radius 3 is 2.34 bits per heavy atom. The molecule has 4 rings (SSSR count). The number of para-hydroxylation sites is 1. The molecule has 35 heavy (non-hydrogen) atoms. The van der Waals surface area contributed by atoms with E-state index in [2.05, 4.69) is 81.7 Å². The topological polar surface area (TPSA) is 72.2 Å². The first-order chi connectivity index (χ1) is 16.8. The fraction of sp³-hybridized carbons (Fsp3) is 0.185. The summed E-state index contributed by atoms with van der Waals surface area (Å²) in [6.45, 7) is 6.58. The van der Waals surface area contributed by atoms with Gasteiger partial charge in [0.25, 0.3) is 5.91 Å². The molecule has 4 aromatic rings. The van der Waals surface area contributed by atoms with Crippen LogP contribution in [0.5, 0.6) is 0 Å². The standard InChI is InChI=1S/C27H26BrN5OS/c1-27(2,3)21-13-11-20(12-14-21)25-31-32-26(33(25)23-7-5-4-6-8-23)35-18-24(34)30-29-17-19-9-15-22(28)16-10-19/h4-17H,18H2,1-3H3,(H,30,34)/b29-17-. The lowest BCUT2D eigenvalue weighted by atomic mass is 9.87. The number of halogens is 1. The number of carbonyl (C=O) groups is 1. The van der Waals surface area contributed by atoms with Crippen LogP contribution in [0.4, 0.5) is 0 Å². The Hall–Kier alpha value is -3.23. The minimum atomic E-state index is -0.220. The number of rotatable bonds is 7. The van der Waals surface area contributed by atoms with Crippen LogP contribution < -0.4 is 5.43 Å². The predicted octanol–water partition coefficient (Wildman–Crippen LogP) is 6.24. The average molecular weight is 549 g/mol. The van der Waals surface area contributed by atoms with Crippen LogP contribution in [-0.2, 0) is 10.2 Å². The lowest BCUT2D eigenvalue weighted by Crippen LogP contribution is -2.20. The van der Waals surface area contributed by atoms with Crippen molar-refractivity contribution in [2.75, 3.05) is 5.75 Å². The maximum absolute atomic E-state index is 12.4. The van der Waals surface area contributed by atoms with Crippen molar-refractivity contribution in [3.8, 4) is 17.1 Å². The molecule has 6 nitrogen and oxygen atoms in total. The highest BCUT2D eigenvalue weighted by Crippen LogP contribution is 2.30. The molecule has 0 saturated carbocycles. The van der Waals surface area contributed by atoms with Gasteiger partial charge in [-0.3, -0.25) is 9.36 Å². The Labute approximate surface area is 218 Å². The Kier molecular flexibility index (Phi) is 7.83. The molecular weight excluding hydrogens is 522 g/mol. The number of aromatic nitrogens is 3. The molecule has 0 bridgehead atoms. The van der Waals surface area contributed by atoms with E-state index < -0.39 is 0 Å². The van der Waals surface area contributed by atoms with Crippen LogP contribution in [0, 0.1) is 0 Å². The smallest absolute Gasteiger partial charge is 0.250 e. The molecule has 0 saturated heterocycles. The summed E-state index contributed by atoms with van der Waals surface area (Å²) in [6.07, 6.45) is 1.61. The van der Waals surface area contributed by atoms with E-state index in [9.17, 15) is 4.79 Å². The van der Waals surface area contributed by atoms with Gasteiger partial charge in [0.2, 0.25) is 0 Å². The highest BCUT2D eigenvalue weighted by Gasteiger charge is 2.19. The van der Waals surface area contributed by atoms with Gasteiger partial charge in [-0.15, -0.1) is 10.2 Å². The second-order valence-electron chi connectivity index (χ2n) is 8.94. The fourth-order valence-electron chi connectivity index (χ4n) is 3.37. The van der Waals surface area contributed by atoms with Crippen molar-refractivity contribution in [1.82, 2.24) is 20.2 Å². The lowest BCUT2D eigenvalue weighted by Gasteiger charge is -2.19. The summed E-state index contributed by atoms with van der Waals surface area (Å²) < 4.78 is 2.97. The molecule has 0 aliphatic heterocycles. The Bertz CT molecular complexity index is 1310. The van der Waals surface area contributed by atoms with Gasteiger partial charge in [-0.1, -0.05) is 103 Å². The molecule has 178 valence electrons. The van der Waals surface area contributed by atoms with Crippen LogP contribution in [0.25, 0.3) is 17.1 Å². The molecule has 0 spiro atoms. The quantitative estimate of drug-likeness (QED) is 0.169.